The molecule has 6 nitrogen and oxygen atoms in total. The van der Waals surface area contributed by atoms with Gasteiger partial charge in [-0.25, -0.2) is 21.6 Å². The Morgan fingerprint density at radius 1 is 0.897 bits per heavy atom. The van der Waals surface area contributed by atoms with Crippen LogP contribution in [0.3, 0.4) is 0 Å². The van der Waals surface area contributed by atoms with E-state index in [-0.39, 0.29) is 37.1 Å². The van der Waals surface area contributed by atoms with Crippen LogP contribution >= 0.6 is 12.2 Å². The summed E-state index contributed by atoms with van der Waals surface area (Å²) in [5.74, 6) is -5.39. The zero-order chi connectivity index (χ0) is 21.3. The maximum absolute atomic E-state index is 13.9. The topological polar surface area (TPSA) is 83.7 Å². The summed E-state index contributed by atoms with van der Waals surface area (Å²) in [7, 11) is -4.38. The molecule has 0 aromatic heterocycles. The highest BCUT2D eigenvalue weighted by atomic mass is 32.2. The molecule has 1 aliphatic heterocycles. The van der Waals surface area contributed by atoms with Gasteiger partial charge >= 0.3 is 0 Å². The number of halogens is 3. The van der Waals surface area contributed by atoms with E-state index in [9.17, 15) is 26.4 Å². The molecule has 3 rings (SSSR count). The number of carbonyl (C=O) groups is 1. The van der Waals surface area contributed by atoms with Crippen LogP contribution in [-0.2, 0) is 10.0 Å². The van der Waals surface area contributed by atoms with Gasteiger partial charge in [-0.15, -0.1) is 0 Å². The summed E-state index contributed by atoms with van der Waals surface area (Å²) in [6, 6.07) is 7.60. The Morgan fingerprint density at radius 2 is 1.45 bits per heavy atom. The van der Waals surface area contributed by atoms with Crippen LogP contribution in [-0.4, -0.2) is 54.7 Å². The smallest absolute Gasteiger partial charge is 0.253 e. The van der Waals surface area contributed by atoms with Crippen molar-refractivity contribution in [3.63, 3.8) is 0 Å². The number of sulfonamides is 1. The van der Waals surface area contributed by atoms with Gasteiger partial charge in [0, 0.05) is 37.3 Å². The van der Waals surface area contributed by atoms with E-state index in [4.69, 9.17) is 18.0 Å². The van der Waals surface area contributed by atoms with Gasteiger partial charge in [0.15, 0.2) is 17.5 Å². The molecular formula is C18H16F3N3O3S2. The Bertz CT molecular complexity index is 1070. The van der Waals surface area contributed by atoms with Crippen LogP contribution in [0.1, 0.15) is 15.9 Å². The third-order valence-electron chi connectivity index (χ3n) is 4.56. The molecular weight excluding hydrogens is 427 g/mol. The summed E-state index contributed by atoms with van der Waals surface area (Å²) in [5, 5.41) is 0. The fourth-order valence-corrected chi connectivity index (χ4v) is 4.55. The average Bonchev–Trinajstić information content (AvgIpc) is 2.71. The van der Waals surface area contributed by atoms with Crippen molar-refractivity contribution in [2.75, 3.05) is 26.2 Å². The van der Waals surface area contributed by atoms with Gasteiger partial charge in [0.05, 0.1) is 0 Å². The monoisotopic (exact) mass is 443 g/mol. The number of benzene rings is 2. The molecule has 1 amide bonds. The fraction of sp³-hybridized carbons (Fsp3) is 0.222. The van der Waals surface area contributed by atoms with Crippen LogP contribution in [0.5, 0.6) is 0 Å². The van der Waals surface area contributed by atoms with Crippen molar-refractivity contribution in [2.24, 2.45) is 5.73 Å². The molecule has 0 bridgehead atoms. The number of nitrogens with two attached hydrogens (primary N) is 1. The molecule has 154 valence electrons. The van der Waals surface area contributed by atoms with Crippen LogP contribution in [0.25, 0.3) is 0 Å². The summed E-state index contributed by atoms with van der Waals surface area (Å²) < 4.78 is 66.5. The van der Waals surface area contributed by atoms with Crippen molar-refractivity contribution in [3.8, 4) is 0 Å². The molecule has 0 spiro atoms. The molecule has 0 saturated carbocycles. The van der Waals surface area contributed by atoms with E-state index in [0.717, 1.165) is 4.31 Å². The highest BCUT2D eigenvalue weighted by Crippen LogP contribution is 2.24. The molecule has 1 fully saturated rings. The Morgan fingerprint density at radius 3 is 2.00 bits per heavy atom. The molecule has 2 aromatic carbocycles. The minimum atomic E-state index is -4.38. The Labute approximate surface area is 170 Å². The molecule has 29 heavy (non-hydrogen) atoms. The first-order valence-electron chi connectivity index (χ1n) is 8.45. The van der Waals surface area contributed by atoms with E-state index in [2.05, 4.69) is 0 Å². The third kappa shape index (κ3) is 4.11. The van der Waals surface area contributed by atoms with Crippen LogP contribution in [0.2, 0.25) is 0 Å². The molecule has 0 atom stereocenters. The van der Waals surface area contributed by atoms with Gasteiger partial charge < -0.3 is 10.6 Å². The van der Waals surface area contributed by atoms with Gasteiger partial charge in [0.2, 0.25) is 10.0 Å². The SMILES string of the molecule is NC(=S)c1ccc(C(=O)N2CCN(S(=O)(=O)c3ccc(F)c(F)c3F)CC2)cc1. The predicted octanol–water partition coefficient (Wildman–Crippen LogP) is 1.88. The number of nitrogens with zero attached hydrogens (tertiary/aromatic N) is 2. The molecule has 1 saturated heterocycles. The maximum atomic E-state index is 13.9. The summed E-state index contributed by atoms with van der Waals surface area (Å²) in [4.78, 5) is 13.3. The molecule has 0 unspecified atom stereocenters. The first-order chi connectivity index (χ1) is 13.6. The number of carbonyl (C=O) groups excluding carboxylic acids is 1. The predicted molar refractivity (Wildman–Crippen MR) is 103 cm³/mol. The minimum Gasteiger partial charge on any atom is -0.389 e. The van der Waals surface area contributed by atoms with E-state index >= 15 is 0 Å². The van der Waals surface area contributed by atoms with Gasteiger partial charge in [0.25, 0.3) is 5.91 Å². The van der Waals surface area contributed by atoms with Gasteiger partial charge in [-0.05, 0) is 24.3 Å². The second-order valence-corrected chi connectivity index (χ2v) is 8.66. The standard InChI is InChI=1S/C18H16F3N3O3S2/c19-13-5-6-14(16(21)15(13)20)29(26,27)24-9-7-23(8-10-24)18(25)12-3-1-11(2-4-12)17(22)28/h1-6H,7-10H2,(H2,22,28). The van der Waals surface area contributed by atoms with E-state index in [1.54, 1.807) is 24.3 Å². The zero-order valence-electron chi connectivity index (χ0n) is 14.9. The van der Waals surface area contributed by atoms with Crippen LogP contribution in [0.15, 0.2) is 41.3 Å². The largest absolute Gasteiger partial charge is 0.389 e. The first kappa shape index (κ1) is 21.2. The van der Waals surface area contributed by atoms with E-state index in [0.29, 0.717) is 23.3 Å². The summed E-state index contributed by atoms with van der Waals surface area (Å²) in [6.07, 6.45) is 0. The molecule has 1 heterocycles. The number of hydrogen-bond donors (Lipinski definition) is 1. The lowest BCUT2D eigenvalue weighted by Crippen LogP contribution is -2.50. The van der Waals surface area contributed by atoms with E-state index < -0.39 is 32.4 Å². The van der Waals surface area contributed by atoms with E-state index in [1.807, 2.05) is 0 Å². The van der Waals surface area contributed by atoms with Crippen molar-refractivity contribution in [1.82, 2.24) is 9.21 Å². The lowest BCUT2D eigenvalue weighted by molar-refractivity contribution is 0.0697. The Kier molecular flexibility index (Phi) is 5.92. The minimum absolute atomic E-state index is 0.0560. The zero-order valence-corrected chi connectivity index (χ0v) is 16.6. The van der Waals surface area contributed by atoms with Gasteiger partial charge in [-0.3, -0.25) is 4.79 Å². The first-order valence-corrected chi connectivity index (χ1v) is 10.3. The Hall–Kier alpha value is -2.50. The van der Waals surface area contributed by atoms with Gasteiger partial charge in [-0.2, -0.15) is 4.31 Å². The summed E-state index contributed by atoms with van der Waals surface area (Å²) in [5.41, 5.74) is 6.51. The molecule has 11 heteroatoms. The number of rotatable bonds is 4. The average molecular weight is 443 g/mol. The van der Waals surface area contributed by atoms with Crippen molar-refractivity contribution >= 4 is 33.1 Å². The van der Waals surface area contributed by atoms with Crippen molar-refractivity contribution in [3.05, 3.63) is 65.0 Å². The molecule has 0 radical (unpaired) electrons. The van der Waals surface area contributed by atoms with Crippen molar-refractivity contribution in [2.45, 2.75) is 4.90 Å². The maximum Gasteiger partial charge on any atom is 0.253 e. The highest BCUT2D eigenvalue weighted by molar-refractivity contribution is 7.89. The second-order valence-electron chi connectivity index (χ2n) is 6.31. The van der Waals surface area contributed by atoms with Crippen LogP contribution in [0, 0.1) is 17.5 Å². The lowest BCUT2D eigenvalue weighted by Gasteiger charge is -2.34. The van der Waals surface area contributed by atoms with Crippen molar-refractivity contribution in [1.29, 1.82) is 0 Å². The van der Waals surface area contributed by atoms with Gasteiger partial charge in [0.1, 0.15) is 9.88 Å². The highest BCUT2D eigenvalue weighted by Gasteiger charge is 2.33. The van der Waals surface area contributed by atoms with Crippen molar-refractivity contribution < 1.29 is 26.4 Å². The molecule has 2 aromatic rings. The van der Waals surface area contributed by atoms with Gasteiger partial charge in [-0.1, -0.05) is 24.4 Å². The molecule has 1 aliphatic rings. The lowest BCUT2D eigenvalue weighted by atomic mass is 10.1. The summed E-state index contributed by atoms with van der Waals surface area (Å²) >= 11 is 4.86. The normalized spacial score (nSPS) is 15.3. The quantitative estimate of drug-likeness (QED) is 0.576. The number of hydrogen-bond acceptors (Lipinski definition) is 4. The fourth-order valence-electron chi connectivity index (χ4n) is 2.94. The number of amides is 1. The number of piperazine rings is 1. The Balaban J connectivity index is 1.72. The van der Waals surface area contributed by atoms with Crippen LogP contribution in [0.4, 0.5) is 13.2 Å². The molecule has 2 N–H and O–H groups in total. The van der Waals surface area contributed by atoms with E-state index in [1.165, 1.54) is 4.90 Å². The van der Waals surface area contributed by atoms with Crippen LogP contribution < -0.4 is 5.73 Å². The third-order valence-corrected chi connectivity index (χ3v) is 6.71. The second kappa shape index (κ2) is 8.09. The molecule has 0 aliphatic carbocycles. The number of thiocarbonyl (C=S) groups is 1. The summed E-state index contributed by atoms with van der Waals surface area (Å²) in [6.45, 7) is -0.115.